The Morgan fingerprint density at radius 2 is 2.13 bits per heavy atom. The predicted octanol–water partition coefficient (Wildman–Crippen LogP) is 3.17. The molecule has 0 aliphatic carbocycles. The summed E-state index contributed by atoms with van der Waals surface area (Å²) in [6.07, 6.45) is 5.66. The summed E-state index contributed by atoms with van der Waals surface area (Å²) in [5.74, 6) is 0. The van der Waals surface area contributed by atoms with Crippen LogP contribution in [0.15, 0.2) is 23.2 Å². The standard InChI is InChI=1S/C13H15NO/c1-4-5-13-10(2)6-7-12(11(13)3)8-14-9-15/h4-7H,8H2,1-3H3/b5-4+. The van der Waals surface area contributed by atoms with E-state index in [1.807, 2.05) is 19.1 Å². The van der Waals surface area contributed by atoms with E-state index >= 15 is 0 Å². The van der Waals surface area contributed by atoms with Gasteiger partial charge in [-0.2, -0.15) is 0 Å². The number of nitrogens with zero attached hydrogens (tertiary/aromatic N) is 1. The molecule has 0 aromatic heterocycles. The SMILES string of the molecule is C/C=C/c1c(C)ccc(CN=C=O)c1C. The Morgan fingerprint density at radius 1 is 1.40 bits per heavy atom. The van der Waals surface area contributed by atoms with Crippen molar-refractivity contribution in [1.29, 1.82) is 0 Å². The number of allylic oxidation sites excluding steroid dienone is 1. The van der Waals surface area contributed by atoms with Gasteiger partial charge in [0, 0.05) is 0 Å². The first-order valence-electron chi connectivity index (χ1n) is 4.96. The van der Waals surface area contributed by atoms with Crippen LogP contribution in [0, 0.1) is 13.8 Å². The van der Waals surface area contributed by atoms with Gasteiger partial charge in [-0.05, 0) is 43.0 Å². The van der Waals surface area contributed by atoms with E-state index in [0.29, 0.717) is 6.54 Å². The number of rotatable bonds is 3. The molecule has 15 heavy (non-hydrogen) atoms. The Labute approximate surface area is 90.4 Å². The molecule has 78 valence electrons. The Hall–Kier alpha value is -1.66. The molecule has 2 heteroatoms. The summed E-state index contributed by atoms with van der Waals surface area (Å²) in [6.45, 7) is 6.54. The molecule has 2 nitrogen and oxygen atoms in total. The molecule has 0 amide bonds. The zero-order chi connectivity index (χ0) is 11.3. The molecule has 0 atom stereocenters. The number of benzene rings is 1. The van der Waals surface area contributed by atoms with E-state index in [2.05, 4.69) is 31.0 Å². The third-order valence-electron chi connectivity index (χ3n) is 2.49. The van der Waals surface area contributed by atoms with Crippen molar-refractivity contribution in [2.75, 3.05) is 0 Å². The maximum atomic E-state index is 10.1. The maximum absolute atomic E-state index is 10.1. The molecule has 0 spiro atoms. The van der Waals surface area contributed by atoms with Crippen LogP contribution in [-0.2, 0) is 11.3 Å². The average Bonchev–Trinajstić information content (AvgIpc) is 2.23. The molecular formula is C13H15NO. The predicted molar refractivity (Wildman–Crippen MR) is 62.4 cm³/mol. The van der Waals surface area contributed by atoms with Crippen molar-refractivity contribution in [3.8, 4) is 0 Å². The number of hydrogen-bond acceptors (Lipinski definition) is 2. The molecule has 0 aliphatic heterocycles. The first-order valence-corrected chi connectivity index (χ1v) is 4.96. The van der Waals surface area contributed by atoms with E-state index in [1.54, 1.807) is 6.08 Å². The molecule has 1 aromatic carbocycles. The van der Waals surface area contributed by atoms with E-state index in [0.717, 1.165) is 5.56 Å². The van der Waals surface area contributed by atoms with Gasteiger partial charge in [0.2, 0.25) is 6.08 Å². The lowest BCUT2D eigenvalue weighted by Crippen LogP contribution is -1.93. The van der Waals surface area contributed by atoms with Crippen molar-refractivity contribution >= 4 is 12.2 Å². The van der Waals surface area contributed by atoms with Gasteiger partial charge in [-0.25, -0.2) is 9.79 Å². The molecule has 1 rings (SSSR count). The Balaban J connectivity index is 3.21. The third-order valence-corrected chi connectivity index (χ3v) is 2.49. The van der Waals surface area contributed by atoms with Gasteiger partial charge in [0.15, 0.2) is 0 Å². The van der Waals surface area contributed by atoms with Crippen LogP contribution in [0.2, 0.25) is 0 Å². The van der Waals surface area contributed by atoms with E-state index in [-0.39, 0.29) is 0 Å². The first-order chi connectivity index (χ1) is 7.20. The minimum atomic E-state index is 0.417. The van der Waals surface area contributed by atoms with Gasteiger partial charge in [0.05, 0.1) is 6.54 Å². The fourth-order valence-electron chi connectivity index (χ4n) is 1.62. The fraction of sp³-hybridized carbons (Fsp3) is 0.308. The first kappa shape index (κ1) is 11.4. The highest BCUT2D eigenvalue weighted by molar-refractivity contribution is 5.59. The quantitative estimate of drug-likeness (QED) is 0.545. The monoisotopic (exact) mass is 201 g/mol. The number of aryl methyl sites for hydroxylation is 1. The summed E-state index contributed by atoms with van der Waals surface area (Å²) in [5, 5.41) is 0. The van der Waals surface area contributed by atoms with Crippen LogP contribution < -0.4 is 0 Å². The number of isocyanates is 1. The van der Waals surface area contributed by atoms with Crippen molar-refractivity contribution in [3.63, 3.8) is 0 Å². The summed E-state index contributed by atoms with van der Waals surface area (Å²) >= 11 is 0. The minimum Gasteiger partial charge on any atom is -0.211 e. The lowest BCUT2D eigenvalue weighted by atomic mass is 9.97. The van der Waals surface area contributed by atoms with Crippen LogP contribution in [0.5, 0.6) is 0 Å². The second-order valence-electron chi connectivity index (χ2n) is 3.49. The van der Waals surface area contributed by atoms with Crippen molar-refractivity contribution in [1.82, 2.24) is 0 Å². The van der Waals surface area contributed by atoms with Gasteiger partial charge in [0.25, 0.3) is 0 Å². The summed E-state index contributed by atoms with van der Waals surface area (Å²) in [7, 11) is 0. The largest absolute Gasteiger partial charge is 0.235 e. The number of aliphatic imine (C=N–C) groups is 1. The zero-order valence-corrected chi connectivity index (χ0v) is 9.37. The van der Waals surface area contributed by atoms with Crippen LogP contribution in [0.25, 0.3) is 6.08 Å². The van der Waals surface area contributed by atoms with Crippen molar-refractivity contribution < 1.29 is 4.79 Å². The van der Waals surface area contributed by atoms with E-state index < -0.39 is 0 Å². The lowest BCUT2D eigenvalue weighted by Gasteiger charge is -2.09. The van der Waals surface area contributed by atoms with E-state index in [1.165, 1.54) is 16.7 Å². The molecular weight excluding hydrogens is 186 g/mol. The highest BCUT2D eigenvalue weighted by atomic mass is 16.1. The Bertz CT molecular complexity index is 426. The van der Waals surface area contributed by atoms with Gasteiger partial charge >= 0.3 is 0 Å². The van der Waals surface area contributed by atoms with Gasteiger partial charge in [-0.3, -0.25) is 0 Å². The lowest BCUT2D eigenvalue weighted by molar-refractivity contribution is 0.562. The summed E-state index contributed by atoms with van der Waals surface area (Å²) in [4.78, 5) is 13.7. The van der Waals surface area contributed by atoms with Crippen LogP contribution in [0.4, 0.5) is 0 Å². The molecule has 0 fully saturated rings. The molecule has 0 saturated carbocycles. The molecule has 0 N–H and O–H groups in total. The molecule has 0 unspecified atom stereocenters. The topological polar surface area (TPSA) is 29.4 Å². The number of carbonyl (C=O) groups excluding carboxylic acids is 1. The second-order valence-corrected chi connectivity index (χ2v) is 3.49. The smallest absolute Gasteiger partial charge is 0.211 e. The molecule has 1 aromatic rings. The summed E-state index contributed by atoms with van der Waals surface area (Å²) in [6, 6.07) is 4.07. The van der Waals surface area contributed by atoms with Crippen molar-refractivity contribution in [2.24, 2.45) is 4.99 Å². The average molecular weight is 201 g/mol. The number of hydrogen-bond donors (Lipinski definition) is 0. The third kappa shape index (κ3) is 2.64. The van der Waals surface area contributed by atoms with E-state index in [4.69, 9.17) is 0 Å². The molecule has 0 saturated heterocycles. The van der Waals surface area contributed by atoms with Crippen molar-refractivity contribution in [3.05, 3.63) is 40.5 Å². The molecule has 0 aliphatic rings. The van der Waals surface area contributed by atoms with Crippen molar-refractivity contribution in [2.45, 2.75) is 27.3 Å². The second kappa shape index (κ2) is 5.28. The summed E-state index contributed by atoms with van der Waals surface area (Å²) in [5.41, 5.74) is 4.73. The Morgan fingerprint density at radius 3 is 2.73 bits per heavy atom. The van der Waals surface area contributed by atoms with Gasteiger partial charge in [0.1, 0.15) is 0 Å². The molecule has 0 bridgehead atoms. The van der Waals surface area contributed by atoms with Crippen LogP contribution >= 0.6 is 0 Å². The van der Waals surface area contributed by atoms with Gasteiger partial charge < -0.3 is 0 Å². The molecule has 0 radical (unpaired) electrons. The zero-order valence-electron chi connectivity index (χ0n) is 9.37. The highest BCUT2D eigenvalue weighted by Crippen LogP contribution is 2.20. The molecule has 0 heterocycles. The maximum Gasteiger partial charge on any atom is 0.235 e. The van der Waals surface area contributed by atoms with Crippen LogP contribution in [0.1, 0.15) is 29.2 Å². The summed E-state index contributed by atoms with van der Waals surface area (Å²) < 4.78 is 0. The van der Waals surface area contributed by atoms with E-state index in [9.17, 15) is 4.79 Å². The normalized spacial score (nSPS) is 10.3. The Kier molecular flexibility index (Phi) is 4.02. The van der Waals surface area contributed by atoms with Gasteiger partial charge in [-0.1, -0.05) is 24.3 Å². The van der Waals surface area contributed by atoms with Gasteiger partial charge in [-0.15, -0.1) is 0 Å². The highest BCUT2D eigenvalue weighted by Gasteiger charge is 2.04. The fourth-order valence-corrected chi connectivity index (χ4v) is 1.62. The minimum absolute atomic E-state index is 0.417. The van der Waals surface area contributed by atoms with Crippen LogP contribution in [-0.4, -0.2) is 6.08 Å². The van der Waals surface area contributed by atoms with Crippen LogP contribution in [0.3, 0.4) is 0 Å².